The minimum Gasteiger partial charge on any atom is -0.489 e. The fourth-order valence-corrected chi connectivity index (χ4v) is 4.07. The lowest BCUT2D eigenvalue weighted by atomic mass is 9.98. The van der Waals surface area contributed by atoms with Gasteiger partial charge in [0.1, 0.15) is 18.4 Å². The number of rotatable bonds is 5. The maximum absolute atomic E-state index is 13.3. The summed E-state index contributed by atoms with van der Waals surface area (Å²) >= 11 is 0. The van der Waals surface area contributed by atoms with Gasteiger partial charge in [-0.15, -0.1) is 0 Å². The fourth-order valence-electron chi connectivity index (χ4n) is 4.07. The Morgan fingerprint density at radius 3 is 2.17 bits per heavy atom. The molecule has 4 aromatic rings. The van der Waals surface area contributed by atoms with Gasteiger partial charge in [-0.2, -0.15) is 10.5 Å². The lowest BCUT2D eigenvalue weighted by molar-refractivity contribution is 0.0926. The van der Waals surface area contributed by atoms with Crippen molar-refractivity contribution in [3.05, 3.63) is 119 Å². The maximum Gasteiger partial charge on any atom is 0.266 e. The van der Waals surface area contributed by atoms with Crippen molar-refractivity contribution in [1.82, 2.24) is 0 Å². The summed E-state index contributed by atoms with van der Waals surface area (Å²) < 4.78 is 5.82. The van der Waals surface area contributed by atoms with Crippen LogP contribution in [-0.4, -0.2) is 11.8 Å². The molecule has 5 rings (SSSR count). The number of hydrogen-bond donors (Lipinski definition) is 0. The molecule has 0 radical (unpaired) electrons. The topological polar surface area (TPSA) is 94.2 Å². The van der Waals surface area contributed by atoms with Crippen LogP contribution in [0.5, 0.6) is 5.75 Å². The van der Waals surface area contributed by atoms with E-state index in [-0.39, 0.29) is 29.0 Å². The predicted octanol–water partition coefficient (Wildman–Crippen LogP) is 5.48. The normalized spacial score (nSPS) is 12.1. The molecule has 2 amide bonds. The second kappa shape index (κ2) is 8.97. The number of anilines is 1. The molecule has 35 heavy (non-hydrogen) atoms. The monoisotopic (exact) mass is 455 g/mol. The van der Waals surface area contributed by atoms with E-state index in [0.29, 0.717) is 16.9 Å². The number of carbonyl (C=O) groups is 2. The number of imide groups is 1. The van der Waals surface area contributed by atoms with Crippen LogP contribution in [0.25, 0.3) is 11.1 Å². The van der Waals surface area contributed by atoms with E-state index in [4.69, 9.17) is 10.00 Å². The zero-order valence-electron chi connectivity index (χ0n) is 18.4. The van der Waals surface area contributed by atoms with Crippen LogP contribution in [0.4, 0.5) is 5.69 Å². The van der Waals surface area contributed by atoms with Gasteiger partial charge < -0.3 is 4.74 Å². The molecule has 0 N–H and O–H groups in total. The van der Waals surface area contributed by atoms with E-state index < -0.39 is 11.8 Å². The van der Waals surface area contributed by atoms with Gasteiger partial charge in [-0.25, -0.2) is 4.90 Å². The van der Waals surface area contributed by atoms with E-state index in [1.165, 1.54) is 0 Å². The summed E-state index contributed by atoms with van der Waals surface area (Å²) in [5.41, 5.74) is 3.88. The van der Waals surface area contributed by atoms with Crippen molar-refractivity contribution in [2.24, 2.45) is 0 Å². The molecular weight excluding hydrogens is 438 g/mol. The largest absolute Gasteiger partial charge is 0.489 e. The van der Waals surface area contributed by atoms with Gasteiger partial charge in [0.25, 0.3) is 11.8 Å². The van der Waals surface area contributed by atoms with Crippen molar-refractivity contribution in [2.75, 3.05) is 4.90 Å². The summed E-state index contributed by atoms with van der Waals surface area (Å²) in [5, 5.41) is 18.8. The highest BCUT2D eigenvalue weighted by Gasteiger charge is 2.38. The molecule has 0 spiro atoms. The lowest BCUT2D eigenvalue weighted by Crippen LogP contribution is -2.30. The zero-order valence-corrected chi connectivity index (χ0v) is 18.4. The first-order valence-electron chi connectivity index (χ1n) is 10.8. The summed E-state index contributed by atoms with van der Waals surface area (Å²) in [7, 11) is 0. The van der Waals surface area contributed by atoms with Crippen LogP contribution in [0.1, 0.15) is 37.4 Å². The van der Waals surface area contributed by atoms with Crippen molar-refractivity contribution in [3.8, 4) is 29.0 Å². The first-order valence-corrected chi connectivity index (χ1v) is 10.8. The molecule has 166 valence electrons. The van der Waals surface area contributed by atoms with Crippen LogP contribution in [0.15, 0.2) is 91.0 Å². The number of ether oxygens (including phenoxy) is 1. The van der Waals surface area contributed by atoms with Crippen LogP contribution >= 0.6 is 0 Å². The minimum absolute atomic E-state index is 0.223. The summed E-state index contributed by atoms with van der Waals surface area (Å²) in [5.74, 6) is -0.546. The van der Waals surface area contributed by atoms with Crippen LogP contribution in [-0.2, 0) is 6.61 Å². The molecule has 6 heteroatoms. The minimum atomic E-state index is -0.504. The molecule has 0 aliphatic carbocycles. The lowest BCUT2D eigenvalue weighted by Gasteiger charge is -2.17. The number of carbonyl (C=O) groups excluding carboxylic acids is 2. The Hall–Kier alpha value is -5.20. The van der Waals surface area contributed by atoms with E-state index in [0.717, 1.165) is 16.0 Å². The molecule has 6 nitrogen and oxygen atoms in total. The molecule has 1 aliphatic rings. The van der Waals surface area contributed by atoms with Crippen molar-refractivity contribution >= 4 is 17.5 Å². The Morgan fingerprint density at radius 2 is 1.46 bits per heavy atom. The summed E-state index contributed by atoms with van der Waals surface area (Å²) in [6.45, 7) is 0.244. The molecule has 1 heterocycles. The third kappa shape index (κ3) is 3.90. The predicted molar refractivity (Wildman–Crippen MR) is 130 cm³/mol. The first-order chi connectivity index (χ1) is 17.1. The van der Waals surface area contributed by atoms with Crippen LogP contribution in [0.3, 0.4) is 0 Å². The molecule has 0 fully saturated rings. The zero-order chi connectivity index (χ0) is 24.4. The Labute approximate surface area is 201 Å². The van der Waals surface area contributed by atoms with Crippen molar-refractivity contribution in [1.29, 1.82) is 10.5 Å². The van der Waals surface area contributed by atoms with Crippen molar-refractivity contribution in [3.63, 3.8) is 0 Å². The number of amides is 2. The molecule has 0 aromatic heterocycles. The highest BCUT2D eigenvalue weighted by atomic mass is 16.5. The SMILES string of the molecule is N#Cc1ccc(COc2ccc3c(c2)C(=O)N(c2cccc(-c4ccccc4)c2C#N)C3=O)cc1. The summed E-state index contributed by atoms with van der Waals surface area (Å²) in [6.07, 6.45) is 0. The van der Waals surface area contributed by atoms with Gasteiger partial charge in [0.15, 0.2) is 0 Å². The molecule has 0 unspecified atom stereocenters. The highest BCUT2D eigenvalue weighted by molar-refractivity contribution is 6.35. The quantitative estimate of drug-likeness (QED) is 0.372. The van der Waals surface area contributed by atoms with Gasteiger partial charge in [-0.05, 0) is 47.5 Å². The number of nitriles is 2. The number of nitrogens with zero attached hydrogens (tertiary/aromatic N) is 3. The molecule has 0 saturated heterocycles. The molecule has 0 bridgehead atoms. The average molecular weight is 455 g/mol. The molecule has 0 atom stereocenters. The second-order valence-electron chi connectivity index (χ2n) is 7.93. The van der Waals surface area contributed by atoms with Crippen molar-refractivity contribution < 1.29 is 14.3 Å². The van der Waals surface area contributed by atoms with Gasteiger partial charge in [-0.1, -0.05) is 54.6 Å². The third-order valence-corrected chi connectivity index (χ3v) is 5.83. The van der Waals surface area contributed by atoms with Gasteiger partial charge >= 0.3 is 0 Å². The fraction of sp³-hybridized carbons (Fsp3) is 0.0345. The molecule has 4 aromatic carbocycles. The summed E-state index contributed by atoms with van der Waals surface area (Å²) in [4.78, 5) is 27.6. The second-order valence-corrected chi connectivity index (χ2v) is 7.93. The van der Waals surface area contributed by atoms with Gasteiger partial charge in [0.2, 0.25) is 0 Å². The van der Waals surface area contributed by atoms with E-state index in [1.807, 2.05) is 30.3 Å². The number of benzene rings is 4. The Bertz CT molecular complexity index is 1550. The van der Waals surface area contributed by atoms with Crippen LogP contribution in [0, 0.1) is 22.7 Å². The number of hydrogen-bond acceptors (Lipinski definition) is 5. The van der Waals surface area contributed by atoms with E-state index in [1.54, 1.807) is 60.7 Å². The average Bonchev–Trinajstić information content (AvgIpc) is 3.16. The smallest absolute Gasteiger partial charge is 0.266 e. The summed E-state index contributed by atoms with van der Waals surface area (Å²) in [6, 6.07) is 30.5. The van der Waals surface area contributed by atoms with Crippen molar-refractivity contribution in [2.45, 2.75) is 6.61 Å². The highest BCUT2D eigenvalue weighted by Crippen LogP contribution is 2.36. The van der Waals surface area contributed by atoms with Gasteiger partial charge in [0, 0.05) is 5.56 Å². The van der Waals surface area contributed by atoms with Gasteiger partial charge in [-0.3, -0.25) is 9.59 Å². The maximum atomic E-state index is 13.3. The van der Waals surface area contributed by atoms with E-state index >= 15 is 0 Å². The van der Waals surface area contributed by atoms with Crippen LogP contribution in [0.2, 0.25) is 0 Å². The van der Waals surface area contributed by atoms with Gasteiger partial charge in [0.05, 0.1) is 34.0 Å². The Balaban J connectivity index is 1.44. The first kappa shape index (κ1) is 21.6. The molecular formula is C29H17N3O3. The number of fused-ring (bicyclic) bond motifs is 1. The van der Waals surface area contributed by atoms with Crippen LogP contribution < -0.4 is 9.64 Å². The van der Waals surface area contributed by atoms with E-state index in [9.17, 15) is 14.9 Å². The third-order valence-electron chi connectivity index (χ3n) is 5.83. The Morgan fingerprint density at radius 1 is 0.714 bits per heavy atom. The standard InChI is InChI=1S/C29H17N3O3/c30-16-19-9-11-20(12-10-19)18-35-22-13-14-24-25(15-22)29(34)32(28(24)33)27-8-4-7-23(26(27)17-31)21-5-2-1-3-6-21/h1-15H,18H2. The van der Waals surface area contributed by atoms with E-state index in [2.05, 4.69) is 12.1 Å². The Kier molecular flexibility index (Phi) is 5.55. The molecule has 1 aliphatic heterocycles. The molecule has 0 saturated carbocycles.